The van der Waals surface area contributed by atoms with Gasteiger partial charge in [0, 0.05) is 11.1 Å². The van der Waals surface area contributed by atoms with Gasteiger partial charge in [0.25, 0.3) is 0 Å². The van der Waals surface area contributed by atoms with E-state index in [0.717, 1.165) is 10.9 Å². The zero-order valence-corrected chi connectivity index (χ0v) is 12.1. The van der Waals surface area contributed by atoms with Gasteiger partial charge >= 0.3 is 0 Å². The normalized spacial score (nSPS) is 12.8. The standard InChI is InChI=1S/C16H12ClFOS/c17-13-6-5-10(7-14(13)18)15(19)8-11-9-20-16-4-2-1-3-12(11)16/h1-7,9,15,19H,8H2. The molecule has 1 nitrogen and oxygen atoms in total. The molecule has 0 aliphatic heterocycles. The molecule has 0 saturated heterocycles. The van der Waals surface area contributed by atoms with Crippen molar-refractivity contribution in [3.8, 4) is 0 Å². The third-order valence-corrected chi connectivity index (χ3v) is 4.62. The van der Waals surface area contributed by atoms with Crippen LogP contribution in [0.1, 0.15) is 17.2 Å². The molecule has 0 aliphatic carbocycles. The van der Waals surface area contributed by atoms with Crippen molar-refractivity contribution < 1.29 is 9.50 Å². The summed E-state index contributed by atoms with van der Waals surface area (Å²) in [4.78, 5) is 0. The van der Waals surface area contributed by atoms with E-state index in [1.54, 1.807) is 17.4 Å². The molecule has 0 fully saturated rings. The molecule has 1 atom stereocenters. The summed E-state index contributed by atoms with van der Waals surface area (Å²) in [5.41, 5.74) is 1.62. The predicted molar refractivity (Wildman–Crippen MR) is 81.9 cm³/mol. The van der Waals surface area contributed by atoms with Crippen LogP contribution in [0.5, 0.6) is 0 Å². The minimum atomic E-state index is -0.736. The molecular formula is C16H12ClFOS. The van der Waals surface area contributed by atoms with E-state index in [9.17, 15) is 9.50 Å². The fourth-order valence-corrected chi connectivity index (χ4v) is 3.33. The third-order valence-electron chi connectivity index (χ3n) is 3.30. The second-order valence-electron chi connectivity index (χ2n) is 4.65. The largest absolute Gasteiger partial charge is 0.388 e. The molecule has 1 unspecified atom stereocenters. The van der Waals surface area contributed by atoms with E-state index in [0.29, 0.717) is 12.0 Å². The highest BCUT2D eigenvalue weighted by Gasteiger charge is 2.13. The van der Waals surface area contributed by atoms with Gasteiger partial charge in [0.1, 0.15) is 5.82 Å². The van der Waals surface area contributed by atoms with Crippen LogP contribution >= 0.6 is 22.9 Å². The molecule has 0 radical (unpaired) electrons. The summed E-state index contributed by atoms with van der Waals surface area (Å²) < 4.78 is 14.6. The van der Waals surface area contributed by atoms with E-state index in [4.69, 9.17) is 11.6 Å². The minimum absolute atomic E-state index is 0.0712. The van der Waals surface area contributed by atoms with Gasteiger partial charge in [0.05, 0.1) is 11.1 Å². The highest BCUT2D eigenvalue weighted by atomic mass is 35.5. The van der Waals surface area contributed by atoms with Gasteiger partial charge in [-0.25, -0.2) is 4.39 Å². The first-order chi connectivity index (χ1) is 9.65. The molecule has 3 aromatic rings. The predicted octanol–water partition coefficient (Wildman–Crippen LogP) is 4.97. The number of hydrogen-bond acceptors (Lipinski definition) is 2. The van der Waals surface area contributed by atoms with Crippen LogP contribution in [-0.2, 0) is 6.42 Å². The van der Waals surface area contributed by atoms with Crippen LogP contribution in [0.3, 0.4) is 0 Å². The molecule has 0 spiro atoms. The Labute approximate surface area is 125 Å². The quantitative estimate of drug-likeness (QED) is 0.724. The minimum Gasteiger partial charge on any atom is -0.388 e. The zero-order valence-electron chi connectivity index (χ0n) is 10.5. The van der Waals surface area contributed by atoms with Gasteiger partial charge in [-0.15, -0.1) is 11.3 Å². The monoisotopic (exact) mass is 306 g/mol. The molecule has 2 aromatic carbocycles. The number of thiophene rings is 1. The Hall–Kier alpha value is -1.42. The number of fused-ring (bicyclic) bond motifs is 1. The zero-order chi connectivity index (χ0) is 14.1. The molecule has 0 amide bonds. The maximum absolute atomic E-state index is 13.4. The van der Waals surface area contributed by atoms with Crippen molar-refractivity contribution >= 4 is 33.0 Å². The van der Waals surface area contributed by atoms with Crippen molar-refractivity contribution in [1.29, 1.82) is 0 Å². The fraction of sp³-hybridized carbons (Fsp3) is 0.125. The van der Waals surface area contributed by atoms with E-state index in [2.05, 4.69) is 6.07 Å². The molecule has 1 aromatic heterocycles. The van der Waals surface area contributed by atoms with E-state index in [1.165, 1.54) is 16.8 Å². The van der Waals surface area contributed by atoms with Gasteiger partial charge in [-0.1, -0.05) is 35.9 Å². The topological polar surface area (TPSA) is 20.2 Å². The van der Waals surface area contributed by atoms with E-state index >= 15 is 0 Å². The van der Waals surface area contributed by atoms with Crippen molar-refractivity contribution in [2.45, 2.75) is 12.5 Å². The Morgan fingerprint density at radius 2 is 2.00 bits per heavy atom. The first-order valence-corrected chi connectivity index (χ1v) is 7.49. The van der Waals surface area contributed by atoms with Crippen LogP contribution in [0.25, 0.3) is 10.1 Å². The van der Waals surface area contributed by atoms with Gasteiger partial charge in [-0.2, -0.15) is 0 Å². The summed E-state index contributed by atoms with van der Waals surface area (Å²) in [5.74, 6) is -0.501. The Morgan fingerprint density at radius 1 is 1.20 bits per heavy atom. The number of benzene rings is 2. The maximum atomic E-state index is 13.4. The number of aliphatic hydroxyl groups excluding tert-OH is 1. The second-order valence-corrected chi connectivity index (χ2v) is 5.97. The van der Waals surface area contributed by atoms with E-state index in [1.807, 2.05) is 23.6 Å². The molecule has 1 heterocycles. The number of rotatable bonds is 3. The van der Waals surface area contributed by atoms with Gasteiger partial charge in [-0.05, 0) is 40.1 Å². The molecule has 1 N–H and O–H groups in total. The summed E-state index contributed by atoms with van der Waals surface area (Å²) in [6.45, 7) is 0. The average Bonchev–Trinajstić information content (AvgIpc) is 2.85. The Kier molecular flexibility index (Phi) is 3.74. The molecular weight excluding hydrogens is 295 g/mol. The van der Waals surface area contributed by atoms with Crippen molar-refractivity contribution in [3.05, 3.63) is 69.8 Å². The molecule has 20 heavy (non-hydrogen) atoms. The lowest BCUT2D eigenvalue weighted by Crippen LogP contribution is -2.02. The lowest BCUT2D eigenvalue weighted by atomic mass is 10.0. The lowest BCUT2D eigenvalue weighted by Gasteiger charge is -2.11. The maximum Gasteiger partial charge on any atom is 0.142 e. The summed E-state index contributed by atoms with van der Waals surface area (Å²) >= 11 is 7.30. The van der Waals surface area contributed by atoms with Gasteiger partial charge < -0.3 is 5.11 Å². The number of aliphatic hydroxyl groups is 1. The third kappa shape index (κ3) is 2.57. The van der Waals surface area contributed by atoms with Crippen molar-refractivity contribution in [2.24, 2.45) is 0 Å². The van der Waals surface area contributed by atoms with Crippen LogP contribution in [0.15, 0.2) is 47.8 Å². The van der Waals surface area contributed by atoms with Gasteiger partial charge in [-0.3, -0.25) is 0 Å². The molecule has 4 heteroatoms. The number of hydrogen-bond donors (Lipinski definition) is 1. The number of halogens is 2. The summed E-state index contributed by atoms with van der Waals surface area (Å²) in [5, 5.41) is 13.5. The molecule has 0 aliphatic rings. The van der Waals surface area contributed by atoms with Gasteiger partial charge in [0.2, 0.25) is 0 Å². The highest BCUT2D eigenvalue weighted by molar-refractivity contribution is 7.17. The smallest absolute Gasteiger partial charge is 0.142 e. The van der Waals surface area contributed by atoms with Crippen LogP contribution in [0.2, 0.25) is 5.02 Å². The van der Waals surface area contributed by atoms with Crippen molar-refractivity contribution in [3.63, 3.8) is 0 Å². The van der Waals surface area contributed by atoms with Crippen molar-refractivity contribution in [1.82, 2.24) is 0 Å². The SMILES string of the molecule is OC(Cc1csc2ccccc12)c1ccc(Cl)c(F)c1. The van der Waals surface area contributed by atoms with E-state index < -0.39 is 11.9 Å². The van der Waals surface area contributed by atoms with Crippen LogP contribution in [0, 0.1) is 5.82 Å². The van der Waals surface area contributed by atoms with Crippen LogP contribution in [-0.4, -0.2) is 5.11 Å². The van der Waals surface area contributed by atoms with Crippen LogP contribution in [0.4, 0.5) is 4.39 Å². The second kappa shape index (κ2) is 5.52. The average molecular weight is 307 g/mol. The Morgan fingerprint density at radius 3 is 2.80 bits per heavy atom. The van der Waals surface area contributed by atoms with Crippen molar-refractivity contribution in [2.75, 3.05) is 0 Å². The summed E-state index contributed by atoms with van der Waals surface area (Å²) in [6.07, 6.45) is -0.273. The Bertz CT molecular complexity index is 753. The van der Waals surface area contributed by atoms with Gasteiger partial charge in [0.15, 0.2) is 0 Å². The molecule has 3 rings (SSSR count). The first kappa shape index (κ1) is 13.6. The molecule has 102 valence electrons. The first-order valence-electron chi connectivity index (χ1n) is 6.23. The summed E-state index contributed by atoms with van der Waals surface area (Å²) in [7, 11) is 0. The van der Waals surface area contributed by atoms with Crippen LogP contribution < -0.4 is 0 Å². The fourth-order valence-electron chi connectivity index (χ4n) is 2.24. The Balaban J connectivity index is 1.88. The van der Waals surface area contributed by atoms with E-state index in [-0.39, 0.29) is 5.02 Å². The molecule has 0 bridgehead atoms. The summed E-state index contributed by atoms with van der Waals surface area (Å²) in [6, 6.07) is 12.5. The lowest BCUT2D eigenvalue weighted by molar-refractivity contribution is 0.178. The highest BCUT2D eigenvalue weighted by Crippen LogP contribution is 2.30. The molecule has 0 saturated carbocycles.